The Bertz CT molecular complexity index is 1500. The molecule has 0 spiro atoms. The van der Waals surface area contributed by atoms with Crippen molar-refractivity contribution in [3.63, 3.8) is 0 Å². The van der Waals surface area contributed by atoms with E-state index in [9.17, 15) is 22.8 Å². The molecule has 1 amide bonds. The number of anilines is 1. The van der Waals surface area contributed by atoms with Gasteiger partial charge in [0.25, 0.3) is 5.91 Å². The summed E-state index contributed by atoms with van der Waals surface area (Å²) in [5.74, 6) is -0.621. The highest BCUT2D eigenvalue weighted by atomic mass is 19.4. The predicted molar refractivity (Wildman–Crippen MR) is 161 cm³/mol. The van der Waals surface area contributed by atoms with Crippen molar-refractivity contribution in [1.29, 1.82) is 0 Å². The number of Topliss-reactive ketones (excluding diaryl/α,β-unsaturated/α-hetero) is 1. The average molecular weight is 628 g/mol. The Kier molecular flexibility index (Phi) is 8.99. The third-order valence-corrected chi connectivity index (χ3v) is 8.72. The number of fused-ring (bicyclic) bond motifs is 1. The first-order valence-electron chi connectivity index (χ1n) is 15.2. The van der Waals surface area contributed by atoms with Crippen LogP contribution in [0.5, 0.6) is 11.5 Å². The van der Waals surface area contributed by atoms with Crippen LogP contribution in [-0.2, 0) is 11.2 Å². The highest BCUT2D eigenvalue weighted by molar-refractivity contribution is 6.03. The molecule has 1 unspecified atom stereocenters. The lowest BCUT2D eigenvalue weighted by Crippen LogP contribution is -2.49. The normalized spacial score (nSPS) is 21.3. The molecular formula is C32H36F3N5O5. The molecule has 3 N–H and O–H groups in total. The van der Waals surface area contributed by atoms with Crippen molar-refractivity contribution in [3.05, 3.63) is 64.5 Å². The third-order valence-electron chi connectivity index (χ3n) is 8.72. The van der Waals surface area contributed by atoms with Crippen molar-refractivity contribution < 1.29 is 37.0 Å². The van der Waals surface area contributed by atoms with Gasteiger partial charge in [-0.15, -0.1) is 0 Å². The Morgan fingerprint density at radius 2 is 1.84 bits per heavy atom. The highest BCUT2D eigenvalue weighted by Gasteiger charge is 2.40. The van der Waals surface area contributed by atoms with Gasteiger partial charge in [-0.3, -0.25) is 9.59 Å². The van der Waals surface area contributed by atoms with Crippen LogP contribution in [-0.4, -0.2) is 80.8 Å². The molecule has 45 heavy (non-hydrogen) atoms. The van der Waals surface area contributed by atoms with E-state index < -0.39 is 23.9 Å². The van der Waals surface area contributed by atoms with Crippen LogP contribution < -0.4 is 25.4 Å². The number of carbonyl (C=O) groups excluding carboxylic acids is 2. The number of hydrogen-bond acceptors (Lipinski definition) is 9. The van der Waals surface area contributed by atoms with Crippen molar-refractivity contribution in [2.24, 2.45) is 4.99 Å². The fourth-order valence-electron chi connectivity index (χ4n) is 6.30. The molecule has 10 nitrogen and oxygen atoms in total. The number of nitrogens with one attached hydrogen (secondary N) is 3. The van der Waals surface area contributed by atoms with Gasteiger partial charge in [0.1, 0.15) is 17.1 Å². The molecule has 2 saturated heterocycles. The molecule has 2 fully saturated rings. The Labute approximate surface area is 259 Å². The quantitative estimate of drug-likeness (QED) is 0.395. The number of ketones is 1. The fourth-order valence-corrected chi connectivity index (χ4v) is 6.30. The van der Waals surface area contributed by atoms with Crippen LogP contribution in [0.25, 0.3) is 0 Å². The second kappa shape index (κ2) is 13.1. The first-order valence-corrected chi connectivity index (χ1v) is 15.2. The molecule has 0 bridgehead atoms. The van der Waals surface area contributed by atoms with Crippen LogP contribution in [0.15, 0.2) is 52.8 Å². The monoisotopic (exact) mass is 627 g/mol. The number of benzene rings is 2. The number of rotatable bonds is 8. The maximum Gasteiger partial charge on any atom is 0.423 e. The minimum absolute atomic E-state index is 0.0514. The number of carbonyl (C=O) groups is 2. The van der Waals surface area contributed by atoms with Gasteiger partial charge in [-0.05, 0) is 61.9 Å². The maximum absolute atomic E-state index is 13.9. The lowest BCUT2D eigenvalue weighted by atomic mass is 9.99. The van der Waals surface area contributed by atoms with E-state index in [1.807, 2.05) is 0 Å². The van der Waals surface area contributed by atoms with Crippen molar-refractivity contribution >= 4 is 23.6 Å². The number of methoxy groups -OCH3 is 1. The van der Waals surface area contributed by atoms with E-state index >= 15 is 0 Å². The maximum atomic E-state index is 13.9. The largest absolute Gasteiger partial charge is 0.495 e. The Morgan fingerprint density at radius 1 is 1.07 bits per heavy atom. The first kappa shape index (κ1) is 30.9. The zero-order chi connectivity index (χ0) is 31.6. The fraction of sp³-hybridized carbons (Fsp3) is 0.469. The molecule has 240 valence electrons. The molecule has 0 aromatic heterocycles. The van der Waals surface area contributed by atoms with Gasteiger partial charge in [-0.25, -0.2) is 4.99 Å². The van der Waals surface area contributed by atoms with Crippen LogP contribution in [0.1, 0.15) is 58.4 Å². The topological polar surface area (TPSA) is 114 Å². The molecule has 0 saturated carbocycles. The molecule has 1 atom stereocenters. The van der Waals surface area contributed by atoms with E-state index in [1.165, 1.54) is 13.2 Å². The SMILES string of the molecule is COc1cc(C(=O)NC2CCN(C3CCOCC3)CC2)ccc1NC1N=CC(C(F)(F)F)=C(Oc2cccc3c2C(=O)CC3)N1. The number of halogens is 3. The molecule has 3 heterocycles. The van der Waals surface area contributed by atoms with Gasteiger partial charge in [0, 0.05) is 56.6 Å². The molecular weight excluding hydrogens is 591 g/mol. The number of amides is 1. The van der Waals surface area contributed by atoms with Gasteiger partial charge in [0.15, 0.2) is 12.1 Å². The summed E-state index contributed by atoms with van der Waals surface area (Å²) in [5, 5.41) is 8.78. The summed E-state index contributed by atoms with van der Waals surface area (Å²) in [7, 11) is 1.44. The van der Waals surface area contributed by atoms with Crippen molar-refractivity contribution in [3.8, 4) is 11.5 Å². The summed E-state index contributed by atoms with van der Waals surface area (Å²) in [6.45, 7) is 3.45. The molecule has 3 aliphatic heterocycles. The summed E-state index contributed by atoms with van der Waals surface area (Å²) in [6.07, 6.45) is -0.517. The van der Waals surface area contributed by atoms with Gasteiger partial charge in [0.05, 0.1) is 18.4 Å². The van der Waals surface area contributed by atoms with E-state index in [-0.39, 0.29) is 29.9 Å². The molecule has 6 rings (SSSR count). The number of piperidine rings is 1. The second-order valence-corrected chi connectivity index (χ2v) is 11.6. The summed E-state index contributed by atoms with van der Waals surface area (Å²) < 4.78 is 58.4. The van der Waals surface area contributed by atoms with Crippen LogP contribution in [0.2, 0.25) is 0 Å². The minimum Gasteiger partial charge on any atom is -0.495 e. The van der Waals surface area contributed by atoms with Crippen molar-refractivity contribution in [2.45, 2.75) is 63.1 Å². The Morgan fingerprint density at radius 3 is 2.58 bits per heavy atom. The molecule has 1 aliphatic carbocycles. The molecule has 2 aromatic rings. The number of ether oxygens (including phenoxy) is 3. The van der Waals surface area contributed by atoms with E-state index in [0.717, 1.165) is 57.6 Å². The predicted octanol–water partition coefficient (Wildman–Crippen LogP) is 4.42. The zero-order valence-electron chi connectivity index (χ0n) is 24.9. The number of aliphatic imine (C=N–C) groups is 1. The van der Waals surface area contributed by atoms with E-state index in [2.05, 4.69) is 25.8 Å². The molecule has 0 radical (unpaired) electrons. The lowest BCUT2D eigenvalue weighted by molar-refractivity contribution is -0.0887. The standard InChI is InChI=1S/C32H36F3N5O5/c1-43-27-17-20(29(42)37-21-9-13-40(14-10-21)22-11-15-44-16-12-22)5-7-24(27)38-31-36-18-23(32(33,34)35)30(39-31)45-26-4-2-3-19-6-8-25(41)28(19)26/h2-5,7,17-18,21-22,31,38-39H,6,8-16H2,1H3,(H,37,42). The number of hydrogen-bond donors (Lipinski definition) is 3. The number of aryl methyl sites for hydroxylation is 1. The minimum atomic E-state index is -4.76. The Balaban J connectivity index is 1.11. The lowest BCUT2D eigenvalue weighted by Gasteiger charge is -2.39. The third kappa shape index (κ3) is 6.94. The first-order chi connectivity index (χ1) is 21.7. The van der Waals surface area contributed by atoms with Crippen molar-refractivity contribution in [1.82, 2.24) is 15.5 Å². The van der Waals surface area contributed by atoms with Crippen LogP contribution in [0.3, 0.4) is 0 Å². The van der Waals surface area contributed by atoms with Gasteiger partial charge < -0.3 is 35.1 Å². The van der Waals surface area contributed by atoms with E-state index in [4.69, 9.17) is 14.2 Å². The summed E-state index contributed by atoms with van der Waals surface area (Å²) in [5.41, 5.74) is 0.719. The average Bonchev–Trinajstić information content (AvgIpc) is 3.43. The smallest absolute Gasteiger partial charge is 0.423 e. The zero-order valence-corrected chi connectivity index (χ0v) is 24.9. The van der Waals surface area contributed by atoms with Crippen molar-refractivity contribution in [2.75, 3.05) is 38.7 Å². The van der Waals surface area contributed by atoms with Crippen LogP contribution >= 0.6 is 0 Å². The summed E-state index contributed by atoms with van der Waals surface area (Å²) in [4.78, 5) is 32.0. The highest BCUT2D eigenvalue weighted by Crippen LogP contribution is 2.35. The van der Waals surface area contributed by atoms with Gasteiger partial charge in [-0.1, -0.05) is 12.1 Å². The van der Waals surface area contributed by atoms with Gasteiger partial charge in [-0.2, -0.15) is 13.2 Å². The molecule has 13 heteroatoms. The number of alkyl halides is 3. The molecule has 2 aromatic carbocycles. The van der Waals surface area contributed by atoms with Gasteiger partial charge >= 0.3 is 6.18 Å². The number of allylic oxidation sites excluding steroid dienone is 1. The van der Waals surface area contributed by atoms with E-state index in [0.29, 0.717) is 41.2 Å². The molecule has 4 aliphatic rings. The summed E-state index contributed by atoms with van der Waals surface area (Å²) >= 11 is 0. The Hall–Kier alpha value is -4.10. The van der Waals surface area contributed by atoms with Gasteiger partial charge in [0.2, 0.25) is 5.88 Å². The number of likely N-dealkylation sites (tertiary alicyclic amines) is 1. The van der Waals surface area contributed by atoms with Crippen LogP contribution in [0, 0.1) is 0 Å². The van der Waals surface area contributed by atoms with Crippen LogP contribution in [0.4, 0.5) is 18.9 Å². The summed E-state index contributed by atoms with van der Waals surface area (Å²) in [6, 6.07) is 10.3. The number of nitrogens with zero attached hydrogens (tertiary/aromatic N) is 2. The second-order valence-electron chi connectivity index (χ2n) is 11.6. The van der Waals surface area contributed by atoms with E-state index in [1.54, 1.807) is 30.3 Å².